The molecule has 0 aromatic rings. The van der Waals surface area contributed by atoms with E-state index >= 15 is 0 Å². The summed E-state index contributed by atoms with van der Waals surface area (Å²) in [7, 11) is 0. The van der Waals surface area contributed by atoms with E-state index in [1.54, 1.807) is 0 Å². The highest BCUT2D eigenvalue weighted by molar-refractivity contribution is 5.70. The summed E-state index contributed by atoms with van der Waals surface area (Å²) >= 11 is 0. The van der Waals surface area contributed by atoms with Gasteiger partial charge in [0.25, 0.3) is 0 Å². The van der Waals surface area contributed by atoms with Gasteiger partial charge in [-0.1, -0.05) is 379 Å². The predicted molar refractivity (Wildman–Crippen MR) is 339 cm³/mol. The number of rotatable bonds is 68. The van der Waals surface area contributed by atoms with Gasteiger partial charge in [0.1, 0.15) is 6.61 Å². The first-order valence-electron chi connectivity index (χ1n) is 35.7. The van der Waals surface area contributed by atoms with Crippen molar-refractivity contribution in [2.24, 2.45) is 0 Å². The van der Waals surface area contributed by atoms with Crippen LogP contribution in [0.1, 0.15) is 418 Å². The van der Waals surface area contributed by atoms with Gasteiger partial charge in [-0.05, 0) is 38.5 Å². The summed E-state index contributed by atoms with van der Waals surface area (Å²) in [6.07, 6.45) is 88.4. The van der Waals surface area contributed by atoms with Gasteiger partial charge < -0.3 is 14.6 Å². The number of esters is 2. The number of allylic oxidation sites excluding steroid dienone is 2. The molecule has 0 saturated carbocycles. The van der Waals surface area contributed by atoms with E-state index in [0.717, 1.165) is 32.1 Å². The average Bonchev–Trinajstić information content (AvgIpc) is 3.43. The summed E-state index contributed by atoms with van der Waals surface area (Å²) in [4.78, 5) is 24.6. The summed E-state index contributed by atoms with van der Waals surface area (Å²) in [5.41, 5.74) is 0. The molecule has 0 aliphatic carbocycles. The second-order valence-electron chi connectivity index (χ2n) is 24.7. The Morgan fingerprint density at radius 1 is 0.286 bits per heavy atom. The molecule has 0 aromatic carbocycles. The van der Waals surface area contributed by atoms with E-state index in [-0.39, 0.29) is 25.2 Å². The standard InChI is InChI=1S/C72H140O5/c1-3-5-7-9-11-13-15-17-19-21-23-25-27-29-31-32-33-34-35-36-37-38-39-40-41-43-45-47-49-51-53-55-57-59-61-63-65-67-72(75)77-70(68-73)69-76-71(74)66-64-62-60-58-56-54-52-50-48-46-44-42-30-28-26-24-22-20-18-16-14-12-10-8-6-4-2/h21,23,70,73H,3-20,22,24-69H2,1-2H3/b23-21-. The Morgan fingerprint density at radius 3 is 0.701 bits per heavy atom. The summed E-state index contributed by atoms with van der Waals surface area (Å²) in [5.74, 6) is -0.560. The molecule has 1 N–H and O–H groups in total. The molecule has 0 radical (unpaired) electrons. The SMILES string of the molecule is CCCCCCCCCC/C=C\CCCCCCCCCCCCCCCCCCCCCCCCCCCC(=O)OC(CO)COC(=O)CCCCCCCCCCCCCCCCCCCCCCCCCCCC. The minimum Gasteiger partial charge on any atom is -0.462 e. The maximum absolute atomic E-state index is 12.4. The van der Waals surface area contributed by atoms with Gasteiger partial charge in [-0.3, -0.25) is 9.59 Å². The topological polar surface area (TPSA) is 72.8 Å². The Labute approximate surface area is 483 Å². The Hall–Kier alpha value is -1.36. The molecule has 0 spiro atoms. The Kier molecular flexibility index (Phi) is 67.7. The third kappa shape index (κ3) is 67.1. The third-order valence-corrected chi connectivity index (χ3v) is 16.8. The average molecular weight is 1090 g/mol. The molecule has 77 heavy (non-hydrogen) atoms. The first-order valence-corrected chi connectivity index (χ1v) is 35.7. The van der Waals surface area contributed by atoms with Crippen LogP contribution in [-0.4, -0.2) is 36.4 Å². The highest BCUT2D eigenvalue weighted by Crippen LogP contribution is 2.20. The predicted octanol–water partition coefficient (Wildman–Crippen LogP) is 24.6. The first kappa shape index (κ1) is 75.6. The smallest absolute Gasteiger partial charge is 0.306 e. The molecule has 0 aliphatic rings. The molecule has 1 atom stereocenters. The van der Waals surface area contributed by atoms with Crippen LogP contribution < -0.4 is 0 Å². The molecule has 458 valence electrons. The van der Waals surface area contributed by atoms with Gasteiger partial charge in [0.15, 0.2) is 6.10 Å². The minimum atomic E-state index is -0.767. The van der Waals surface area contributed by atoms with Crippen LogP contribution in [0.2, 0.25) is 0 Å². The molecule has 0 fully saturated rings. The highest BCUT2D eigenvalue weighted by atomic mass is 16.6. The Balaban J connectivity index is 3.35. The lowest BCUT2D eigenvalue weighted by atomic mass is 10.0. The van der Waals surface area contributed by atoms with Crippen LogP contribution >= 0.6 is 0 Å². The van der Waals surface area contributed by atoms with Crippen molar-refractivity contribution in [1.29, 1.82) is 0 Å². The molecule has 5 heteroatoms. The van der Waals surface area contributed by atoms with E-state index in [4.69, 9.17) is 9.47 Å². The zero-order valence-electron chi connectivity index (χ0n) is 52.8. The van der Waals surface area contributed by atoms with Crippen LogP contribution in [0.15, 0.2) is 12.2 Å². The van der Waals surface area contributed by atoms with Crippen molar-refractivity contribution in [2.75, 3.05) is 13.2 Å². The normalized spacial score (nSPS) is 12.1. The lowest BCUT2D eigenvalue weighted by molar-refractivity contribution is -0.161. The van der Waals surface area contributed by atoms with E-state index in [9.17, 15) is 14.7 Å². The Morgan fingerprint density at radius 2 is 0.481 bits per heavy atom. The van der Waals surface area contributed by atoms with Crippen LogP contribution in [0.3, 0.4) is 0 Å². The van der Waals surface area contributed by atoms with Crippen LogP contribution in [0, 0.1) is 0 Å². The molecular weight excluding hydrogens is 945 g/mol. The van der Waals surface area contributed by atoms with Crippen LogP contribution in [-0.2, 0) is 19.1 Å². The van der Waals surface area contributed by atoms with Gasteiger partial charge in [-0.15, -0.1) is 0 Å². The van der Waals surface area contributed by atoms with E-state index in [1.807, 2.05) is 0 Å². The van der Waals surface area contributed by atoms with Crippen LogP contribution in [0.5, 0.6) is 0 Å². The van der Waals surface area contributed by atoms with Crippen molar-refractivity contribution in [3.05, 3.63) is 12.2 Å². The maximum Gasteiger partial charge on any atom is 0.306 e. The molecule has 0 aliphatic heterocycles. The number of hydrogen-bond acceptors (Lipinski definition) is 5. The maximum atomic E-state index is 12.4. The molecule has 1 unspecified atom stereocenters. The highest BCUT2D eigenvalue weighted by Gasteiger charge is 2.16. The minimum absolute atomic E-state index is 0.0562. The van der Waals surface area contributed by atoms with Gasteiger partial charge in [0.05, 0.1) is 6.61 Å². The number of aliphatic hydroxyl groups is 1. The first-order chi connectivity index (χ1) is 38.1. The fourth-order valence-electron chi connectivity index (χ4n) is 11.4. The van der Waals surface area contributed by atoms with E-state index in [2.05, 4.69) is 26.0 Å². The lowest BCUT2D eigenvalue weighted by Crippen LogP contribution is -2.28. The second kappa shape index (κ2) is 68.9. The summed E-state index contributed by atoms with van der Waals surface area (Å²) < 4.78 is 10.8. The summed E-state index contributed by atoms with van der Waals surface area (Å²) in [5, 5.41) is 9.70. The number of aliphatic hydroxyl groups excluding tert-OH is 1. The van der Waals surface area contributed by atoms with Gasteiger partial charge in [-0.2, -0.15) is 0 Å². The number of ether oxygens (including phenoxy) is 2. The van der Waals surface area contributed by atoms with E-state index in [1.165, 1.54) is 360 Å². The monoisotopic (exact) mass is 1090 g/mol. The van der Waals surface area contributed by atoms with Crippen molar-refractivity contribution in [3.8, 4) is 0 Å². The molecule has 5 nitrogen and oxygen atoms in total. The van der Waals surface area contributed by atoms with Gasteiger partial charge in [0, 0.05) is 12.8 Å². The van der Waals surface area contributed by atoms with Crippen molar-refractivity contribution in [3.63, 3.8) is 0 Å². The van der Waals surface area contributed by atoms with Gasteiger partial charge >= 0.3 is 11.9 Å². The number of unbranched alkanes of at least 4 members (excludes halogenated alkanes) is 58. The van der Waals surface area contributed by atoms with Gasteiger partial charge in [-0.25, -0.2) is 0 Å². The summed E-state index contributed by atoms with van der Waals surface area (Å²) in [6, 6.07) is 0. The van der Waals surface area contributed by atoms with Crippen LogP contribution in [0.25, 0.3) is 0 Å². The Bertz CT molecular complexity index is 1140. The van der Waals surface area contributed by atoms with E-state index in [0.29, 0.717) is 12.8 Å². The van der Waals surface area contributed by atoms with Crippen LogP contribution in [0.4, 0.5) is 0 Å². The largest absolute Gasteiger partial charge is 0.462 e. The lowest BCUT2D eigenvalue weighted by Gasteiger charge is -2.15. The zero-order valence-corrected chi connectivity index (χ0v) is 52.8. The third-order valence-electron chi connectivity index (χ3n) is 16.8. The van der Waals surface area contributed by atoms with Crippen molar-refractivity contribution < 1.29 is 24.2 Å². The van der Waals surface area contributed by atoms with Crippen molar-refractivity contribution in [2.45, 2.75) is 424 Å². The molecule has 0 aromatic heterocycles. The van der Waals surface area contributed by atoms with Gasteiger partial charge in [0.2, 0.25) is 0 Å². The molecule has 0 heterocycles. The fourth-order valence-corrected chi connectivity index (χ4v) is 11.4. The van der Waals surface area contributed by atoms with Crippen molar-refractivity contribution in [1.82, 2.24) is 0 Å². The number of carbonyl (C=O) groups is 2. The molecule has 0 amide bonds. The quantitative estimate of drug-likeness (QED) is 0.0373. The zero-order chi connectivity index (χ0) is 55.5. The second-order valence-corrected chi connectivity index (χ2v) is 24.7. The van der Waals surface area contributed by atoms with Crippen molar-refractivity contribution >= 4 is 11.9 Å². The molecule has 0 bridgehead atoms. The fraction of sp³-hybridized carbons (Fsp3) is 0.944. The summed E-state index contributed by atoms with van der Waals surface area (Å²) in [6.45, 7) is 4.22. The molecule has 0 saturated heterocycles. The van der Waals surface area contributed by atoms with E-state index < -0.39 is 6.10 Å². The molecular formula is C72H140O5. The molecule has 0 rings (SSSR count). The number of carbonyl (C=O) groups excluding carboxylic acids is 2. The number of hydrogen-bond donors (Lipinski definition) is 1.